The second-order valence-corrected chi connectivity index (χ2v) is 6.20. The molecule has 1 unspecified atom stereocenters. The number of hydrogen-bond acceptors (Lipinski definition) is 4. The Morgan fingerprint density at radius 2 is 2.26 bits per heavy atom. The zero-order valence-corrected chi connectivity index (χ0v) is 12.4. The van der Waals surface area contributed by atoms with Crippen LogP contribution < -0.4 is 5.73 Å². The highest BCUT2D eigenvalue weighted by atomic mass is 32.1. The average molecular weight is 282 g/mol. The van der Waals surface area contributed by atoms with Crippen LogP contribution in [0.25, 0.3) is 0 Å². The second-order valence-electron chi connectivity index (χ2n) is 5.20. The van der Waals surface area contributed by atoms with E-state index in [0.29, 0.717) is 6.54 Å². The summed E-state index contributed by atoms with van der Waals surface area (Å²) in [6, 6.07) is 1.69. The van der Waals surface area contributed by atoms with Crippen LogP contribution in [0.3, 0.4) is 0 Å². The Morgan fingerprint density at radius 1 is 1.58 bits per heavy atom. The molecule has 1 fully saturated rings. The van der Waals surface area contributed by atoms with Crippen molar-refractivity contribution < 1.29 is 9.53 Å². The largest absolute Gasteiger partial charge is 0.381 e. The number of aryl methyl sites for hydroxylation is 1. The van der Waals surface area contributed by atoms with Gasteiger partial charge in [0, 0.05) is 25.1 Å². The molecule has 2 heterocycles. The van der Waals surface area contributed by atoms with Gasteiger partial charge >= 0.3 is 0 Å². The van der Waals surface area contributed by atoms with Crippen molar-refractivity contribution in [3.05, 3.63) is 21.9 Å². The number of thiophene rings is 1. The summed E-state index contributed by atoms with van der Waals surface area (Å²) in [5.74, 6) is 0.299. The molecular weight excluding hydrogens is 260 g/mol. The van der Waals surface area contributed by atoms with Crippen molar-refractivity contribution >= 4 is 17.2 Å². The molecule has 1 aromatic rings. The predicted octanol–water partition coefficient (Wildman–Crippen LogP) is 1.77. The number of rotatable bonds is 4. The first-order chi connectivity index (χ1) is 9.09. The lowest BCUT2D eigenvalue weighted by Crippen LogP contribution is -2.47. The molecule has 106 valence electrons. The minimum absolute atomic E-state index is 0.0414. The standard InChI is InChI=1S/C14H22N2O2S/c1-10-5-8-19-12(10)9-16(2)14(17)13(15)11-3-6-18-7-4-11/h5,8,11,13H,3-4,6-7,9,15H2,1-2H3. The van der Waals surface area contributed by atoms with Crippen molar-refractivity contribution in [2.45, 2.75) is 32.4 Å². The summed E-state index contributed by atoms with van der Waals surface area (Å²) in [5, 5.41) is 2.06. The lowest BCUT2D eigenvalue weighted by Gasteiger charge is -2.29. The van der Waals surface area contributed by atoms with E-state index in [1.165, 1.54) is 10.4 Å². The van der Waals surface area contributed by atoms with Crippen LogP contribution in [0.1, 0.15) is 23.3 Å². The molecule has 4 nitrogen and oxygen atoms in total. The van der Waals surface area contributed by atoms with Crippen LogP contribution in [-0.2, 0) is 16.1 Å². The van der Waals surface area contributed by atoms with Gasteiger partial charge in [0.15, 0.2) is 0 Å². The summed E-state index contributed by atoms with van der Waals surface area (Å²) in [4.78, 5) is 15.3. The van der Waals surface area contributed by atoms with E-state index in [4.69, 9.17) is 10.5 Å². The van der Waals surface area contributed by atoms with Crippen LogP contribution in [0.2, 0.25) is 0 Å². The molecule has 0 spiro atoms. The molecule has 2 N–H and O–H groups in total. The van der Waals surface area contributed by atoms with Crippen LogP contribution in [0.4, 0.5) is 0 Å². The van der Waals surface area contributed by atoms with E-state index in [0.717, 1.165) is 26.1 Å². The Morgan fingerprint density at radius 3 is 2.84 bits per heavy atom. The third-order valence-corrected chi connectivity index (χ3v) is 4.79. The number of nitrogens with two attached hydrogens (primary N) is 1. The predicted molar refractivity (Wildman–Crippen MR) is 77.0 cm³/mol. The van der Waals surface area contributed by atoms with Gasteiger partial charge in [-0.25, -0.2) is 0 Å². The molecule has 0 bridgehead atoms. The van der Waals surface area contributed by atoms with Gasteiger partial charge in [-0.05, 0) is 42.7 Å². The Bertz CT molecular complexity index is 427. The molecule has 1 atom stereocenters. The minimum Gasteiger partial charge on any atom is -0.381 e. The van der Waals surface area contributed by atoms with Crippen LogP contribution in [-0.4, -0.2) is 37.1 Å². The van der Waals surface area contributed by atoms with Crippen molar-refractivity contribution in [2.24, 2.45) is 11.7 Å². The fraction of sp³-hybridized carbons (Fsp3) is 0.643. The normalized spacial score (nSPS) is 18.3. The summed E-state index contributed by atoms with van der Waals surface area (Å²) in [6.45, 7) is 4.17. The zero-order valence-electron chi connectivity index (χ0n) is 11.6. The van der Waals surface area contributed by atoms with E-state index in [2.05, 4.69) is 18.4 Å². The Kier molecular flexibility index (Phi) is 4.96. The quantitative estimate of drug-likeness (QED) is 0.915. The second kappa shape index (κ2) is 6.50. The molecule has 5 heteroatoms. The minimum atomic E-state index is -0.394. The fourth-order valence-corrected chi connectivity index (χ4v) is 3.35. The van der Waals surface area contributed by atoms with Gasteiger partial charge in [0.05, 0.1) is 12.6 Å². The molecule has 1 aliphatic heterocycles. The molecule has 2 rings (SSSR count). The molecule has 1 aliphatic rings. The van der Waals surface area contributed by atoms with E-state index in [-0.39, 0.29) is 11.8 Å². The average Bonchev–Trinajstić information content (AvgIpc) is 2.83. The monoisotopic (exact) mass is 282 g/mol. The van der Waals surface area contributed by atoms with Gasteiger partial charge in [-0.3, -0.25) is 4.79 Å². The molecule has 1 aromatic heterocycles. The van der Waals surface area contributed by atoms with Crippen LogP contribution in [0, 0.1) is 12.8 Å². The smallest absolute Gasteiger partial charge is 0.239 e. The van der Waals surface area contributed by atoms with E-state index < -0.39 is 6.04 Å². The van der Waals surface area contributed by atoms with Gasteiger partial charge in [-0.1, -0.05) is 0 Å². The number of likely N-dealkylation sites (N-methyl/N-ethyl adjacent to an activating group) is 1. The Balaban J connectivity index is 1.92. The maximum absolute atomic E-state index is 12.3. The molecule has 0 saturated carbocycles. The number of carbonyl (C=O) groups is 1. The highest BCUT2D eigenvalue weighted by Gasteiger charge is 2.28. The molecule has 1 saturated heterocycles. The maximum atomic E-state index is 12.3. The number of amides is 1. The third kappa shape index (κ3) is 3.55. The third-order valence-electron chi connectivity index (χ3n) is 3.78. The fourth-order valence-electron chi connectivity index (χ4n) is 2.39. The van der Waals surface area contributed by atoms with Gasteiger partial charge in [0.1, 0.15) is 0 Å². The number of ether oxygens (including phenoxy) is 1. The van der Waals surface area contributed by atoms with Gasteiger partial charge in [-0.15, -0.1) is 11.3 Å². The Hall–Kier alpha value is -0.910. The summed E-state index contributed by atoms with van der Waals surface area (Å²) in [7, 11) is 1.83. The van der Waals surface area contributed by atoms with Crippen molar-refractivity contribution in [1.82, 2.24) is 4.90 Å². The van der Waals surface area contributed by atoms with Gasteiger partial charge in [0.2, 0.25) is 5.91 Å². The van der Waals surface area contributed by atoms with Gasteiger partial charge < -0.3 is 15.4 Å². The molecule has 0 aromatic carbocycles. The SMILES string of the molecule is Cc1ccsc1CN(C)C(=O)C(N)C1CCOCC1. The molecular formula is C14H22N2O2S. The highest BCUT2D eigenvalue weighted by molar-refractivity contribution is 7.10. The van der Waals surface area contributed by atoms with E-state index in [9.17, 15) is 4.79 Å². The van der Waals surface area contributed by atoms with Crippen molar-refractivity contribution in [2.75, 3.05) is 20.3 Å². The van der Waals surface area contributed by atoms with Crippen LogP contribution in [0.5, 0.6) is 0 Å². The van der Waals surface area contributed by atoms with Crippen LogP contribution in [0.15, 0.2) is 11.4 Å². The van der Waals surface area contributed by atoms with E-state index in [1.54, 1.807) is 16.2 Å². The van der Waals surface area contributed by atoms with E-state index in [1.807, 2.05) is 7.05 Å². The van der Waals surface area contributed by atoms with Gasteiger partial charge in [-0.2, -0.15) is 0 Å². The highest BCUT2D eigenvalue weighted by Crippen LogP contribution is 2.21. The molecule has 19 heavy (non-hydrogen) atoms. The zero-order chi connectivity index (χ0) is 13.8. The van der Waals surface area contributed by atoms with Crippen molar-refractivity contribution in [1.29, 1.82) is 0 Å². The summed E-state index contributed by atoms with van der Waals surface area (Å²) >= 11 is 1.69. The first-order valence-electron chi connectivity index (χ1n) is 6.71. The summed E-state index contributed by atoms with van der Waals surface area (Å²) in [5.41, 5.74) is 7.36. The lowest BCUT2D eigenvalue weighted by atomic mass is 9.91. The first kappa shape index (κ1) is 14.5. The number of hydrogen-bond donors (Lipinski definition) is 1. The topological polar surface area (TPSA) is 55.6 Å². The van der Waals surface area contributed by atoms with Crippen molar-refractivity contribution in [3.63, 3.8) is 0 Å². The molecule has 1 amide bonds. The first-order valence-corrected chi connectivity index (χ1v) is 7.59. The van der Waals surface area contributed by atoms with Crippen molar-refractivity contribution in [3.8, 4) is 0 Å². The number of nitrogens with zero attached hydrogens (tertiary/aromatic N) is 1. The summed E-state index contributed by atoms with van der Waals surface area (Å²) < 4.78 is 5.31. The number of carbonyl (C=O) groups excluding carboxylic acids is 1. The molecule has 0 radical (unpaired) electrons. The van der Waals surface area contributed by atoms with Crippen LogP contribution >= 0.6 is 11.3 Å². The van der Waals surface area contributed by atoms with Gasteiger partial charge in [0.25, 0.3) is 0 Å². The van der Waals surface area contributed by atoms with E-state index >= 15 is 0 Å². The molecule has 0 aliphatic carbocycles. The maximum Gasteiger partial charge on any atom is 0.239 e. The lowest BCUT2D eigenvalue weighted by molar-refractivity contribution is -0.133. The summed E-state index contributed by atoms with van der Waals surface area (Å²) in [6.07, 6.45) is 1.78. The Labute approximate surface area is 118 Å².